The molecule has 0 unspecified atom stereocenters. The number of nitrogens with zero attached hydrogens (tertiary/aromatic N) is 2. The SMILES string of the molecule is COc1cc([N+](=O)[O-])cc(/C=N\NC(=O)c2ccc(NC(=O)c3ccc(C)cc3)cc2)c1O. The monoisotopic (exact) mass is 448 g/mol. The van der Waals surface area contributed by atoms with E-state index in [0.717, 1.165) is 23.9 Å². The fourth-order valence-corrected chi connectivity index (χ4v) is 2.81. The van der Waals surface area contributed by atoms with E-state index in [0.29, 0.717) is 11.3 Å². The zero-order chi connectivity index (χ0) is 24.0. The Balaban J connectivity index is 1.65. The summed E-state index contributed by atoms with van der Waals surface area (Å²) in [5.74, 6) is -1.28. The number of ether oxygens (including phenoxy) is 1. The van der Waals surface area contributed by atoms with E-state index >= 15 is 0 Å². The molecule has 0 saturated heterocycles. The first-order chi connectivity index (χ1) is 15.8. The van der Waals surface area contributed by atoms with Crippen LogP contribution in [-0.4, -0.2) is 35.2 Å². The molecule has 0 aliphatic rings. The lowest BCUT2D eigenvalue weighted by Gasteiger charge is -2.07. The second-order valence-corrected chi connectivity index (χ2v) is 6.94. The molecule has 10 heteroatoms. The Morgan fingerprint density at radius 3 is 2.24 bits per heavy atom. The van der Waals surface area contributed by atoms with Gasteiger partial charge in [0.25, 0.3) is 17.5 Å². The van der Waals surface area contributed by atoms with Gasteiger partial charge in [-0.2, -0.15) is 5.10 Å². The number of aryl methyl sites for hydroxylation is 1. The largest absolute Gasteiger partial charge is 0.504 e. The number of aromatic hydroxyl groups is 1. The Morgan fingerprint density at radius 2 is 1.64 bits per heavy atom. The molecule has 0 saturated carbocycles. The fraction of sp³-hybridized carbons (Fsp3) is 0.0870. The molecule has 0 aliphatic heterocycles. The lowest BCUT2D eigenvalue weighted by Crippen LogP contribution is -2.18. The van der Waals surface area contributed by atoms with Crippen molar-refractivity contribution in [3.05, 3.63) is 93.0 Å². The summed E-state index contributed by atoms with van der Waals surface area (Å²) >= 11 is 0. The predicted molar refractivity (Wildman–Crippen MR) is 122 cm³/mol. The van der Waals surface area contributed by atoms with Gasteiger partial charge in [-0.25, -0.2) is 5.43 Å². The van der Waals surface area contributed by atoms with Gasteiger partial charge in [-0.15, -0.1) is 0 Å². The van der Waals surface area contributed by atoms with Gasteiger partial charge in [0.2, 0.25) is 0 Å². The van der Waals surface area contributed by atoms with Crippen LogP contribution in [0.25, 0.3) is 0 Å². The highest BCUT2D eigenvalue weighted by molar-refractivity contribution is 6.04. The number of nitrogens with one attached hydrogen (secondary N) is 2. The van der Waals surface area contributed by atoms with E-state index in [1.165, 1.54) is 19.2 Å². The minimum atomic E-state index is -0.642. The highest BCUT2D eigenvalue weighted by Gasteiger charge is 2.16. The number of nitro benzene ring substituents is 1. The van der Waals surface area contributed by atoms with Crippen LogP contribution in [0.15, 0.2) is 65.8 Å². The normalized spacial score (nSPS) is 10.6. The molecule has 0 heterocycles. The zero-order valence-electron chi connectivity index (χ0n) is 17.7. The number of hydrazone groups is 1. The number of nitro groups is 1. The van der Waals surface area contributed by atoms with Crippen molar-refractivity contribution in [3.63, 3.8) is 0 Å². The number of phenolic OH excluding ortho intramolecular Hbond substituents is 1. The zero-order valence-corrected chi connectivity index (χ0v) is 17.7. The number of methoxy groups -OCH3 is 1. The van der Waals surface area contributed by atoms with Crippen LogP contribution in [0.1, 0.15) is 31.8 Å². The third-order valence-electron chi connectivity index (χ3n) is 4.61. The van der Waals surface area contributed by atoms with Gasteiger partial charge in [0.15, 0.2) is 11.5 Å². The number of amides is 2. The summed E-state index contributed by atoms with van der Waals surface area (Å²) in [7, 11) is 1.26. The van der Waals surface area contributed by atoms with E-state index in [2.05, 4.69) is 15.8 Å². The summed E-state index contributed by atoms with van der Waals surface area (Å²) in [4.78, 5) is 35.0. The van der Waals surface area contributed by atoms with Gasteiger partial charge >= 0.3 is 0 Å². The second-order valence-electron chi connectivity index (χ2n) is 6.94. The average molecular weight is 448 g/mol. The summed E-state index contributed by atoms with van der Waals surface area (Å²) < 4.78 is 4.91. The van der Waals surface area contributed by atoms with Crippen LogP contribution in [0.4, 0.5) is 11.4 Å². The maximum atomic E-state index is 12.3. The summed E-state index contributed by atoms with van der Waals surface area (Å²) in [6.45, 7) is 1.93. The molecule has 10 nitrogen and oxygen atoms in total. The van der Waals surface area contributed by atoms with E-state index in [9.17, 15) is 24.8 Å². The highest BCUT2D eigenvalue weighted by atomic mass is 16.6. The lowest BCUT2D eigenvalue weighted by atomic mass is 10.1. The standard InChI is InChI=1S/C23H20N4O6/c1-14-3-5-15(6-4-14)22(29)25-18-9-7-16(8-10-18)23(30)26-24-13-17-11-19(27(31)32)12-20(33-2)21(17)28/h3-13,28H,1-2H3,(H,25,29)(H,26,30)/b24-13-. The minimum Gasteiger partial charge on any atom is -0.504 e. The van der Waals surface area contributed by atoms with Crippen molar-refractivity contribution >= 4 is 29.4 Å². The molecule has 3 aromatic rings. The van der Waals surface area contributed by atoms with Gasteiger partial charge in [0.1, 0.15) is 0 Å². The molecule has 3 rings (SSSR count). The van der Waals surface area contributed by atoms with Crippen LogP contribution in [-0.2, 0) is 0 Å². The smallest absolute Gasteiger partial charge is 0.274 e. The number of carbonyl (C=O) groups excluding carboxylic acids is 2. The Hall–Kier alpha value is -4.73. The molecule has 3 aromatic carbocycles. The maximum absolute atomic E-state index is 12.3. The van der Waals surface area contributed by atoms with Crippen molar-refractivity contribution in [1.29, 1.82) is 0 Å². The molecule has 0 spiro atoms. The number of non-ortho nitro benzene ring substituents is 1. The molecule has 0 bridgehead atoms. The summed E-state index contributed by atoms with van der Waals surface area (Å²) in [6.07, 6.45) is 1.07. The van der Waals surface area contributed by atoms with Crippen molar-refractivity contribution < 1.29 is 24.4 Å². The quantitative estimate of drug-likeness (QED) is 0.286. The van der Waals surface area contributed by atoms with Gasteiger partial charge in [-0.05, 0) is 43.3 Å². The van der Waals surface area contributed by atoms with Crippen molar-refractivity contribution in [2.75, 3.05) is 12.4 Å². The average Bonchev–Trinajstić information content (AvgIpc) is 2.80. The number of anilines is 1. The molecule has 0 aliphatic carbocycles. The Morgan fingerprint density at radius 1 is 1.03 bits per heavy atom. The molecule has 0 atom stereocenters. The maximum Gasteiger partial charge on any atom is 0.274 e. The summed E-state index contributed by atoms with van der Waals surface area (Å²) in [5.41, 5.74) is 4.30. The first-order valence-electron chi connectivity index (χ1n) is 9.65. The van der Waals surface area contributed by atoms with E-state index in [4.69, 9.17) is 4.74 Å². The van der Waals surface area contributed by atoms with Crippen LogP contribution >= 0.6 is 0 Å². The first kappa shape index (κ1) is 22.9. The highest BCUT2D eigenvalue weighted by Crippen LogP contribution is 2.33. The minimum absolute atomic E-state index is 0.00415. The predicted octanol–water partition coefficient (Wildman–Crippen LogP) is 3.63. The van der Waals surface area contributed by atoms with Crippen LogP contribution in [0, 0.1) is 17.0 Å². The molecule has 0 radical (unpaired) electrons. The molecule has 2 amide bonds. The molecular weight excluding hydrogens is 428 g/mol. The molecule has 0 aromatic heterocycles. The number of hydrogen-bond donors (Lipinski definition) is 3. The van der Waals surface area contributed by atoms with Crippen molar-refractivity contribution in [3.8, 4) is 11.5 Å². The van der Waals surface area contributed by atoms with Gasteiger partial charge in [0, 0.05) is 28.4 Å². The fourth-order valence-electron chi connectivity index (χ4n) is 2.81. The van der Waals surface area contributed by atoms with Gasteiger partial charge in [0.05, 0.1) is 24.3 Å². The van der Waals surface area contributed by atoms with E-state index < -0.39 is 10.8 Å². The van der Waals surface area contributed by atoms with E-state index in [-0.39, 0.29) is 34.2 Å². The van der Waals surface area contributed by atoms with Crippen molar-refractivity contribution in [2.24, 2.45) is 5.10 Å². The van der Waals surface area contributed by atoms with Gasteiger partial charge in [-0.1, -0.05) is 17.7 Å². The topological polar surface area (TPSA) is 143 Å². The third-order valence-corrected chi connectivity index (χ3v) is 4.61. The van der Waals surface area contributed by atoms with Crippen LogP contribution in [0.3, 0.4) is 0 Å². The summed E-state index contributed by atoms with van der Waals surface area (Å²) in [5, 5.41) is 27.6. The van der Waals surface area contributed by atoms with Crippen molar-refractivity contribution in [2.45, 2.75) is 6.92 Å². The van der Waals surface area contributed by atoms with E-state index in [1.54, 1.807) is 24.3 Å². The number of rotatable bonds is 7. The van der Waals surface area contributed by atoms with Gasteiger partial charge < -0.3 is 15.2 Å². The number of phenols is 1. The van der Waals surface area contributed by atoms with Crippen LogP contribution < -0.4 is 15.5 Å². The Labute approximate surface area is 188 Å². The number of carbonyl (C=O) groups is 2. The van der Waals surface area contributed by atoms with Crippen molar-refractivity contribution in [1.82, 2.24) is 5.43 Å². The Bertz CT molecular complexity index is 1220. The molecular formula is C23H20N4O6. The molecule has 3 N–H and O–H groups in total. The van der Waals surface area contributed by atoms with Gasteiger partial charge in [-0.3, -0.25) is 19.7 Å². The summed E-state index contributed by atoms with van der Waals surface area (Å²) in [6, 6.07) is 15.4. The third kappa shape index (κ3) is 5.70. The molecule has 168 valence electrons. The molecule has 33 heavy (non-hydrogen) atoms. The molecule has 0 fully saturated rings. The lowest BCUT2D eigenvalue weighted by molar-refractivity contribution is -0.385. The number of benzene rings is 3. The Kier molecular flexibility index (Phi) is 6.99. The van der Waals surface area contributed by atoms with Crippen LogP contribution in [0.5, 0.6) is 11.5 Å². The van der Waals surface area contributed by atoms with Crippen LogP contribution in [0.2, 0.25) is 0 Å². The van der Waals surface area contributed by atoms with E-state index in [1.807, 2.05) is 19.1 Å². The first-order valence-corrected chi connectivity index (χ1v) is 9.65. The number of hydrogen-bond acceptors (Lipinski definition) is 7. The second kappa shape index (κ2) is 10.1.